The SMILES string of the molecule is CC[C@H](C(=O)N[C@@H](C)CC)N(Cc1ccc(F)cc1)C(=O)COc1ccccc1. The Hall–Kier alpha value is -2.89. The Kier molecular flexibility index (Phi) is 8.65. The number of halogens is 1. The molecule has 0 aliphatic carbocycles. The number of benzene rings is 2. The summed E-state index contributed by atoms with van der Waals surface area (Å²) in [7, 11) is 0. The van der Waals surface area contributed by atoms with Crippen molar-refractivity contribution in [3.8, 4) is 5.75 Å². The normalized spacial score (nSPS) is 12.7. The van der Waals surface area contributed by atoms with Crippen LogP contribution in [0.4, 0.5) is 4.39 Å². The molecular weight excluding hydrogens is 371 g/mol. The summed E-state index contributed by atoms with van der Waals surface area (Å²) in [6.07, 6.45) is 1.26. The van der Waals surface area contributed by atoms with E-state index in [0.717, 1.165) is 12.0 Å². The van der Waals surface area contributed by atoms with Gasteiger partial charge in [-0.15, -0.1) is 0 Å². The van der Waals surface area contributed by atoms with Crippen molar-refractivity contribution in [2.45, 2.75) is 52.2 Å². The third-order valence-electron chi connectivity index (χ3n) is 4.76. The molecule has 0 spiro atoms. The zero-order valence-corrected chi connectivity index (χ0v) is 17.2. The number of amides is 2. The van der Waals surface area contributed by atoms with E-state index in [1.807, 2.05) is 39.0 Å². The van der Waals surface area contributed by atoms with Crippen molar-refractivity contribution in [3.63, 3.8) is 0 Å². The third kappa shape index (κ3) is 6.89. The minimum absolute atomic E-state index is 0.0138. The van der Waals surface area contributed by atoms with Gasteiger partial charge in [0.05, 0.1) is 0 Å². The number of carbonyl (C=O) groups is 2. The number of nitrogens with zero attached hydrogens (tertiary/aromatic N) is 1. The molecule has 2 aromatic carbocycles. The Balaban J connectivity index is 2.19. The molecule has 6 heteroatoms. The number of hydrogen-bond acceptors (Lipinski definition) is 3. The summed E-state index contributed by atoms with van der Waals surface area (Å²) in [4.78, 5) is 27.3. The van der Waals surface area contributed by atoms with Crippen LogP contribution in [0.15, 0.2) is 54.6 Å². The first-order valence-corrected chi connectivity index (χ1v) is 9.96. The predicted octanol–water partition coefficient (Wildman–Crippen LogP) is 3.93. The Morgan fingerprint density at radius 1 is 1.03 bits per heavy atom. The van der Waals surface area contributed by atoms with E-state index >= 15 is 0 Å². The first kappa shape index (κ1) is 22.4. The molecule has 0 unspecified atom stereocenters. The van der Waals surface area contributed by atoms with E-state index in [0.29, 0.717) is 12.2 Å². The first-order chi connectivity index (χ1) is 13.9. The van der Waals surface area contributed by atoms with Gasteiger partial charge in [-0.05, 0) is 49.6 Å². The Morgan fingerprint density at radius 3 is 2.28 bits per heavy atom. The van der Waals surface area contributed by atoms with Crippen molar-refractivity contribution in [1.82, 2.24) is 10.2 Å². The Labute approximate surface area is 171 Å². The van der Waals surface area contributed by atoms with E-state index in [1.165, 1.54) is 17.0 Å². The second-order valence-electron chi connectivity index (χ2n) is 6.99. The number of carbonyl (C=O) groups excluding carboxylic acids is 2. The molecule has 2 amide bonds. The highest BCUT2D eigenvalue weighted by Gasteiger charge is 2.29. The number of para-hydroxylation sites is 1. The van der Waals surface area contributed by atoms with Crippen LogP contribution in [0, 0.1) is 5.82 Å². The van der Waals surface area contributed by atoms with Crippen molar-refractivity contribution in [1.29, 1.82) is 0 Å². The first-order valence-electron chi connectivity index (χ1n) is 9.96. The smallest absolute Gasteiger partial charge is 0.261 e. The highest BCUT2D eigenvalue weighted by molar-refractivity contribution is 5.88. The summed E-state index contributed by atoms with van der Waals surface area (Å²) < 4.78 is 18.9. The second-order valence-corrected chi connectivity index (χ2v) is 6.99. The highest BCUT2D eigenvalue weighted by Crippen LogP contribution is 2.15. The van der Waals surface area contributed by atoms with Crippen LogP contribution < -0.4 is 10.1 Å². The van der Waals surface area contributed by atoms with Crippen LogP contribution in [0.5, 0.6) is 5.75 Å². The molecule has 0 aliphatic heterocycles. The molecule has 5 nitrogen and oxygen atoms in total. The van der Waals surface area contributed by atoms with E-state index in [2.05, 4.69) is 5.32 Å². The maximum atomic E-state index is 13.3. The molecule has 0 saturated heterocycles. The van der Waals surface area contributed by atoms with Gasteiger partial charge in [0, 0.05) is 12.6 Å². The van der Waals surface area contributed by atoms with Gasteiger partial charge in [0.1, 0.15) is 17.6 Å². The topological polar surface area (TPSA) is 58.6 Å². The van der Waals surface area contributed by atoms with Crippen LogP contribution in [0.3, 0.4) is 0 Å². The van der Waals surface area contributed by atoms with Crippen molar-refractivity contribution < 1.29 is 18.7 Å². The quantitative estimate of drug-likeness (QED) is 0.657. The van der Waals surface area contributed by atoms with Crippen molar-refractivity contribution in [3.05, 3.63) is 66.0 Å². The van der Waals surface area contributed by atoms with Gasteiger partial charge < -0.3 is 15.0 Å². The molecule has 156 valence electrons. The zero-order chi connectivity index (χ0) is 21.2. The molecule has 2 rings (SSSR count). The molecule has 29 heavy (non-hydrogen) atoms. The molecule has 2 aromatic rings. The lowest BCUT2D eigenvalue weighted by molar-refractivity contribution is -0.143. The van der Waals surface area contributed by atoms with E-state index < -0.39 is 6.04 Å². The molecule has 2 atom stereocenters. The third-order valence-corrected chi connectivity index (χ3v) is 4.76. The molecule has 0 radical (unpaired) electrons. The second kappa shape index (κ2) is 11.2. The number of ether oxygens (including phenoxy) is 1. The summed E-state index contributed by atoms with van der Waals surface area (Å²) in [5, 5.41) is 2.95. The van der Waals surface area contributed by atoms with Gasteiger partial charge in [0.15, 0.2) is 6.61 Å². The molecule has 1 N–H and O–H groups in total. The summed E-state index contributed by atoms with van der Waals surface area (Å²) in [6, 6.07) is 14.4. The predicted molar refractivity (Wildman–Crippen MR) is 111 cm³/mol. The summed E-state index contributed by atoms with van der Waals surface area (Å²) in [5.74, 6) is -0.262. The standard InChI is InChI=1S/C23H29FN2O3/c1-4-17(3)25-23(28)21(5-2)26(15-18-11-13-19(24)14-12-18)22(27)16-29-20-9-7-6-8-10-20/h6-14,17,21H,4-5,15-16H2,1-3H3,(H,25,28)/t17-,21+/m0/s1. The van der Waals surface area contributed by atoms with E-state index in [-0.39, 0.29) is 36.8 Å². The summed E-state index contributed by atoms with van der Waals surface area (Å²) >= 11 is 0. The maximum Gasteiger partial charge on any atom is 0.261 e. The van der Waals surface area contributed by atoms with Gasteiger partial charge in [0.2, 0.25) is 5.91 Å². The molecule has 0 fully saturated rings. The maximum absolute atomic E-state index is 13.3. The lowest BCUT2D eigenvalue weighted by Crippen LogP contribution is -2.51. The Bertz CT molecular complexity index is 780. The van der Waals surface area contributed by atoms with E-state index in [9.17, 15) is 14.0 Å². The summed E-state index contributed by atoms with van der Waals surface area (Å²) in [6.45, 7) is 5.79. The van der Waals surface area contributed by atoms with Crippen molar-refractivity contribution in [2.75, 3.05) is 6.61 Å². The van der Waals surface area contributed by atoms with Crippen LogP contribution in [-0.2, 0) is 16.1 Å². The van der Waals surface area contributed by atoms with E-state index in [1.54, 1.807) is 24.3 Å². The van der Waals surface area contributed by atoms with Crippen LogP contribution in [0.1, 0.15) is 39.2 Å². The highest BCUT2D eigenvalue weighted by atomic mass is 19.1. The fourth-order valence-corrected chi connectivity index (χ4v) is 2.89. The number of hydrogen-bond donors (Lipinski definition) is 1. The van der Waals surface area contributed by atoms with Crippen LogP contribution in [0.25, 0.3) is 0 Å². The fourth-order valence-electron chi connectivity index (χ4n) is 2.89. The van der Waals surface area contributed by atoms with Crippen LogP contribution >= 0.6 is 0 Å². The fraction of sp³-hybridized carbons (Fsp3) is 0.391. The molecule has 0 saturated carbocycles. The minimum Gasteiger partial charge on any atom is -0.484 e. The largest absolute Gasteiger partial charge is 0.484 e. The average Bonchev–Trinajstić information content (AvgIpc) is 2.73. The average molecular weight is 400 g/mol. The summed E-state index contributed by atoms with van der Waals surface area (Å²) in [5.41, 5.74) is 0.745. The van der Waals surface area contributed by atoms with Crippen molar-refractivity contribution in [2.24, 2.45) is 0 Å². The van der Waals surface area contributed by atoms with Gasteiger partial charge in [-0.1, -0.05) is 44.2 Å². The van der Waals surface area contributed by atoms with Gasteiger partial charge in [-0.2, -0.15) is 0 Å². The molecule has 0 aromatic heterocycles. The molecule has 0 aliphatic rings. The van der Waals surface area contributed by atoms with Crippen LogP contribution in [0.2, 0.25) is 0 Å². The van der Waals surface area contributed by atoms with Crippen LogP contribution in [-0.4, -0.2) is 35.4 Å². The van der Waals surface area contributed by atoms with Gasteiger partial charge in [0.25, 0.3) is 5.91 Å². The van der Waals surface area contributed by atoms with E-state index in [4.69, 9.17) is 4.74 Å². The minimum atomic E-state index is -0.638. The molecular formula is C23H29FN2O3. The van der Waals surface area contributed by atoms with Gasteiger partial charge in [-0.25, -0.2) is 4.39 Å². The van der Waals surface area contributed by atoms with Gasteiger partial charge in [-0.3, -0.25) is 9.59 Å². The number of nitrogens with one attached hydrogen (secondary N) is 1. The lowest BCUT2D eigenvalue weighted by Gasteiger charge is -2.31. The Morgan fingerprint density at radius 2 is 1.69 bits per heavy atom. The van der Waals surface area contributed by atoms with Crippen molar-refractivity contribution >= 4 is 11.8 Å². The monoisotopic (exact) mass is 400 g/mol. The zero-order valence-electron chi connectivity index (χ0n) is 17.2. The molecule has 0 heterocycles. The number of rotatable bonds is 10. The molecule has 0 bridgehead atoms. The van der Waals surface area contributed by atoms with Gasteiger partial charge >= 0.3 is 0 Å². The lowest BCUT2D eigenvalue weighted by atomic mass is 10.1.